The van der Waals surface area contributed by atoms with Crippen LogP contribution in [0.15, 0.2) is 54.1 Å². The number of carbonyl (C=O) groups is 2. The molecule has 1 amide bonds. The minimum Gasteiger partial charge on any atom is -0.507 e. The van der Waals surface area contributed by atoms with Crippen molar-refractivity contribution in [3.05, 3.63) is 65.2 Å². The van der Waals surface area contributed by atoms with Gasteiger partial charge in [0.2, 0.25) is 0 Å². The van der Waals surface area contributed by atoms with E-state index in [4.69, 9.17) is 9.47 Å². The molecule has 1 N–H and O–H groups in total. The number of likely N-dealkylation sites (tertiary alicyclic amines) is 1. The molecule has 0 aliphatic carbocycles. The number of anilines is 1. The van der Waals surface area contributed by atoms with Crippen LogP contribution in [0.25, 0.3) is 5.76 Å². The maximum Gasteiger partial charge on any atom is 0.295 e. The van der Waals surface area contributed by atoms with Crippen LogP contribution in [0.3, 0.4) is 0 Å². The van der Waals surface area contributed by atoms with E-state index in [0.29, 0.717) is 43.4 Å². The fourth-order valence-corrected chi connectivity index (χ4v) is 3.94. The molecule has 0 aromatic heterocycles. The number of aliphatic hydroxyl groups excluding tert-OH is 1. The van der Waals surface area contributed by atoms with Gasteiger partial charge in [-0.2, -0.15) is 0 Å². The molecule has 0 radical (unpaired) electrons. The molecule has 2 aromatic carbocycles. The molecule has 1 aliphatic rings. The van der Waals surface area contributed by atoms with Gasteiger partial charge in [0.25, 0.3) is 11.7 Å². The Kier molecular flexibility index (Phi) is 8.34. The molecule has 2 aromatic rings. The maximum absolute atomic E-state index is 13.1. The maximum atomic E-state index is 13.1. The predicted octanol–water partition coefficient (Wildman–Crippen LogP) is 4.25. The summed E-state index contributed by atoms with van der Waals surface area (Å²) in [7, 11) is 5.49. The molecule has 3 rings (SSSR count). The fraction of sp³-hybridized carbons (Fsp3) is 0.407. The third kappa shape index (κ3) is 5.59. The van der Waals surface area contributed by atoms with Crippen LogP contribution < -0.4 is 9.64 Å². The van der Waals surface area contributed by atoms with Crippen molar-refractivity contribution in [2.24, 2.45) is 5.92 Å². The highest BCUT2D eigenvalue weighted by atomic mass is 16.5. The van der Waals surface area contributed by atoms with Crippen LogP contribution in [0.2, 0.25) is 0 Å². The second-order valence-electron chi connectivity index (χ2n) is 9.06. The fourth-order valence-electron chi connectivity index (χ4n) is 3.94. The van der Waals surface area contributed by atoms with E-state index in [1.807, 2.05) is 43.3 Å². The predicted molar refractivity (Wildman–Crippen MR) is 133 cm³/mol. The number of amides is 1. The van der Waals surface area contributed by atoms with E-state index in [-0.39, 0.29) is 11.3 Å². The van der Waals surface area contributed by atoms with Crippen LogP contribution in [0.4, 0.5) is 5.69 Å². The zero-order chi connectivity index (χ0) is 24.8. The Morgan fingerprint density at radius 3 is 2.44 bits per heavy atom. The number of methoxy groups -OCH3 is 1. The molecule has 0 bridgehead atoms. The highest BCUT2D eigenvalue weighted by molar-refractivity contribution is 6.46. The van der Waals surface area contributed by atoms with E-state index < -0.39 is 17.7 Å². The normalized spacial score (nSPS) is 17.5. The minimum atomic E-state index is -0.690. The summed E-state index contributed by atoms with van der Waals surface area (Å²) >= 11 is 0. The third-order valence-electron chi connectivity index (χ3n) is 5.70. The van der Waals surface area contributed by atoms with E-state index in [2.05, 4.69) is 13.8 Å². The minimum absolute atomic E-state index is 0.0843. The van der Waals surface area contributed by atoms with Crippen molar-refractivity contribution < 1.29 is 24.2 Å². The van der Waals surface area contributed by atoms with Crippen LogP contribution >= 0.6 is 0 Å². The smallest absolute Gasteiger partial charge is 0.295 e. The number of ketones is 1. The molecule has 0 spiro atoms. The lowest BCUT2D eigenvalue weighted by Gasteiger charge is -2.26. The number of carbonyl (C=O) groups excluding carboxylic acids is 2. The SMILES string of the molecule is COCCCN1C(=O)C(=O)/C(=C(\O)c2cccc(OCC(C)C)c2)C1c1ccc(N(C)C)cc1. The van der Waals surface area contributed by atoms with Crippen molar-refractivity contribution in [2.75, 3.05) is 45.9 Å². The summed E-state index contributed by atoms with van der Waals surface area (Å²) in [6.07, 6.45) is 0.578. The lowest BCUT2D eigenvalue weighted by Crippen LogP contribution is -2.31. The third-order valence-corrected chi connectivity index (χ3v) is 5.70. The number of hydrogen-bond donors (Lipinski definition) is 1. The number of hydrogen-bond acceptors (Lipinski definition) is 6. The largest absolute Gasteiger partial charge is 0.507 e. The summed E-state index contributed by atoms with van der Waals surface area (Å²) in [6, 6.07) is 13.9. The summed E-state index contributed by atoms with van der Waals surface area (Å²) in [5, 5.41) is 11.3. The number of nitrogens with zero attached hydrogens (tertiary/aromatic N) is 2. The molecular weight excluding hydrogens is 432 g/mol. The zero-order valence-corrected chi connectivity index (χ0v) is 20.6. The van der Waals surface area contributed by atoms with Crippen LogP contribution in [0.5, 0.6) is 5.75 Å². The first-order valence-electron chi connectivity index (χ1n) is 11.5. The average Bonchev–Trinajstić information content (AvgIpc) is 3.07. The molecular formula is C27H34N2O5. The molecule has 1 fully saturated rings. The molecule has 1 saturated heterocycles. The van der Waals surface area contributed by atoms with Crippen LogP contribution in [0.1, 0.15) is 37.4 Å². The van der Waals surface area contributed by atoms with Crippen LogP contribution in [-0.2, 0) is 14.3 Å². The number of Topliss-reactive ketones (excluding diaryl/α,β-unsaturated/α-hetero) is 1. The summed E-state index contributed by atoms with van der Waals surface area (Å²) in [5.41, 5.74) is 2.28. The highest BCUT2D eigenvalue weighted by Crippen LogP contribution is 2.40. The number of rotatable bonds is 10. The molecule has 182 valence electrons. The van der Waals surface area contributed by atoms with Gasteiger partial charge in [-0.25, -0.2) is 0 Å². The number of aliphatic hydroxyl groups is 1. The molecule has 34 heavy (non-hydrogen) atoms. The topological polar surface area (TPSA) is 79.3 Å². The van der Waals surface area contributed by atoms with Crippen molar-refractivity contribution in [1.82, 2.24) is 4.90 Å². The van der Waals surface area contributed by atoms with Crippen LogP contribution in [0, 0.1) is 5.92 Å². The molecule has 1 unspecified atom stereocenters. The van der Waals surface area contributed by atoms with Gasteiger partial charge in [0.1, 0.15) is 11.5 Å². The molecule has 7 nitrogen and oxygen atoms in total. The van der Waals surface area contributed by atoms with Crippen molar-refractivity contribution >= 4 is 23.1 Å². The van der Waals surface area contributed by atoms with Gasteiger partial charge in [0, 0.05) is 45.6 Å². The Morgan fingerprint density at radius 1 is 1.12 bits per heavy atom. The second-order valence-corrected chi connectivity index (χ2v) is 9.06. The summed E-state index contributed by atoms with van der Waals surface area (Å²) < 4.78 is 10.9. The molecule has 1 atom stereocenters. The van der Waals surface area contributed by atoms with E-state index >= 15 is 0 Å². The molecule has 7 heteroatoms. The Balaban J connectivity index is 2.06. The van der Waals surface area contributed by atoms with E-state index in [0.717, 1.165) is 11.3 Å². The Hall–Kier alpha value is -3.32. The van der Waals surface area contributed by atoms with Gasteiger partial charge in [-0.1, -0.05) is 38.1 Å². The Morgan fingerprint density at radius 2 is 1.82 bits per heavy atom. The van der Waals surface area contributed by atoms with Crippen molar-refractivity contribution in [2.45, 2.75) is 26.3 Å². The average molecular weight is 467 g/mol. The van der Waals surface area contributed by atoms with Crippen molar-refractivity contribution in [3.8, 4) is 5.75 Å². The van der Waals surface area contributed by atoms with Crippen molar-refractivity contribution in [3.63, 3.8) is 0 Å². The molecule has 1 heterocycles. The van der Waals surface area contributed by atoms with E-state index in [9.17, 15) is 14.7 Å². The standard InChI is InChI=1S/C27H34N2O5/c1-18(2)17-34-22-9-6-8-20(16-22)25(30)23-24(19-10-12-21(13-11-19)28(3)4)29(14-7-15-33-5)27(32)26(23)31/h6,8-13,16,18,24,30H,7,14-15,17H2,1-5H3/b25-23-. The second kappa shape index (κ2) is 11.2. The molecule has 0 saturated carbocycles. The Bertz CT molecular complexity index is 1040. The van der Waals surface area contributed by atoms with Gasteiger partial charge in [0.15, 0.2) is 0 Å². The highest BCUT2D eigenvalue weighted by Gasteiger charge is 2.45. The summed E-state index contributed by atoms with van der Waals surface area (Å²) in [4.78, 5) is 29.6. The first kappa shape index (κ1) is 25.3. The van der Waals surface area contributed by atoms with Gasteiger partial charge >= 0.3 is 0 Å². The van der Waals surface area contributed by atoms with Gasteiger partial charge in [-0.3, -0.25) is 9.59 Å². The van der Waals surface area contributed by atoms with Gasteiger partial charge in [-0.05, 0) is 42.2 Å². The lowest BCUT2D eigenvalue weighted by atomic mass is 9.95. The van der Waals surface area contributed by atoms with Crippen LogP contribution in [-0.4, -0.2) is 62.7 Å². The van der Waals surface area contributed by atoms with Gasteiger partial charge in [0.05, 0.1) is 18.2 Å². The first-order valence-corrected chi connectivity index (χ1v) is 11.5. The Labute approximate surface area is 201 Å². The summed E-state index contributed by atoms with van der Waals surface area (Å²) in [5.74, 6) is -0.570. The lowest BCUT2D eigenvalue weighted by molar-refractivity contribution is -0.140. The van der Waals surface area contributed by atoms with E-state index in [1.165, 1.54) is 4.90 Å². The van der Waals surface area contributed by atoms with Gasteiger partial charge in [-0.15, -0.1) is 0 Å². The first-order chi connectivity index (χ1) is 16.2. The van der Waals surface area contributed by atoms with Gasteiger partial charge < -0.3 is 24.4 Å². The molecule has 1 aliphatic heterocycles. The number of ether oxygens (including phenoxy) is 2. The summed E-state index contributed by atoms with van der Waals surface area (Å²) in [6.45, 7) is 5.44. The zero-order valence-electron chi connectivity index (χ0n) is 20.6. The quantitative estimate of drug-likeness (QED) is 0.244. The van der Waals surface area contributed by atoms with E-state index in [1.54, 1.807) is 31.4 Å². The monoisotopic (exact) mass is 466 g/mol. The van der Waals surface area contributed by atoms with Crippen molar-refractivity contribution in [1.29, 1.82) is 0 Å². The number of benzene rings is 2.